The number of ether oxygens (including phenoxy) is 2. The second-order valence-corrected chi connectivity index (χ2v) is 6.61. The van der Waals surface area contributed by atoms with Gasteiger partial charge in [0.25, 0.3) is 5.91 Å². The summed E-state index contributed by atoms with van der Waals surface area (Å²) >= 11 is 11.3. The summed E-state index contributed by atoms with van der Waals surface area (Å²) in [6.45, 7) is 1.30. The number of amides is 1. The molecular formula is C19H19ClN2O4S. The maximum Gasteiger partial charge on any atom is 0.276 e. The Labute approximate surface area is 167 Å². The van der Waals surface area contributed by atoms with Crippen LogP contribution in [0.2, 0.25) is 5.02 Å². The predicted octanol–water partition coefficient (Wildman–Crippen LogP) is 3.61. The zero-order chi connectivity index (χ0) is 19.2. The highest BCUT2D eigenvalue weighted by molar-refractivity contribution is 7.80. The quantitative estimate of drug-likeness (QED) is 0.410. The van der Waals surface area contributed by atoms with E-state index in [4.69, 9.17) is 37.7 Å². The molecule has 142 valence electrons. The van der Waals surface area contributed by atoms with Crippen molar-refractivity contribution in [3.63, 3.8) is 0 Å². The van der Waals surface area contributed by atoms with Crippen molar-refractivity contribution in [1.29, 1.82) is 0 Å². The lowest BCUT2D eigenvalue weighted by Crippen LogP contribution is -2.32. The summed E-state index contributed by atoms with van der Waals surface area (Å²) in [5, 5.41) is 3.84. The van der Waals surface area contributed by atoms with Crippen LogP contribution in [0, 0.1) is 0 Å². The van der Waals surface area contributed by atoms with Crippen molar-refractivity contribution in [1.82, 2.24) is 10.2 Å². The minimum Gasteiger partial charge on any atom is -0.484 e. The first-order chi connectivity index (χ1) is 13.1. The van der Waals surface area contributed by atoms with Crippen LogP contribution in [0.4, 0.5) is 0 Å². The van der Waals surface area contributed by atoms with Gasteiger partial charge in [-0.05, 0) is 42.9 Å². The van der Waals surface area contributed by atoms with E-state index in [0.717, 1.165) is 0 Å². The number of thiocarbonyl (C=S) groups is 1. The fourth-order valence-electron chi connectivity index (χ4n) is 2.54. The smallest absolute Gasteiger partial charge is 0.276 e. The van der Waals surface area contributed by atoms with E-state index in [9.17, 15) is 4.79 Å². The summed E-state index contributed by atoms with van der Waals surface area (Å²) in [5.41, 5.74) is 0.380. The number of hydrogen-bond acceptors (Lipinski definition) is 5. The summed E-state index contributed by atoms with van der Waals surface area (Å²) in [6, 6.07) is 10.8. The molecule has 0 unspecified atom stereocenters. The van der Waals surface area contributed by atoms with Gasteiger partial charge in [0.2, 0.25) is 0 Å². The van der Waals surface area contributed by atoms with Gasteiger partial charge in [-0.2, -0.15) is 0 Å². The third-order valence-electron chi connectivity index (χ3n) is 3.87. The predicted molar refractivity (Wildman–Crippen MR) is 106 cm³/mol. The number of carbonyl (C=O) groups excluding carboxylic acids is 1. The standard InChI is InChI=1S/C19H19ClN2O4S/c1-24-10-4-9-22-18(23)16(21-19(22)27)11-13-7-8-14(26-13)12-25-17-6-3-2-5-15(17)20/h2-3,5-8,11H,4,9-10,12H2,1H3,(H,21,27)/b16-11+. The lowest BCUT2D eigenvalue weighted by atomic mass is 10.3. The molecular weight excluding hydrogens is 388 g/mol. The van der Waals surface area contributed by atoms with Crippen LogP contribution in [0.1, 0.15) is 17.9 Å². The van der Waals surface area contributed by atoms with E-state index in [2.05, 4.69) is 5.32 Å². The first-order valence-electron chi connectivity index (χ1n) is 8.38. The Hall–Kier alpha value is -2.35. The highest BCUT2D eigenvalue weighted by Crippen LogP contribution is 2.24. The summed E-state index contributed by atoms with van der Waals surface area (Å²) in [7, 11) is 1.62. The molecule has 1 N–H and O–H groups in total. The van der Waals surface area contributed by atoms with Gasteiger partial charge >= 0.3 is 0 Å². The molecule has 8 heteroatoms. The minimum atomic E-state index is -0.179. The first kappa shape index (κ1) is 19.4. The van der Waals surface area contributed by atoms with Crippen molar-refractivity contribution in [2.24, 2.45) is 0 Å². The van der Waals surface area contributed by atoms with E-state index >= 15 is 0 Å². The van der Waals surface area contributed by atoms with Crippen molar-refractivity contribution in [2.75, 3.05) is 20.3 Å². The van der Waals surface area contributed by atoms with Crippen LogP contribution in [0.25, 0.3) is 6.08 Å². The molecule has 2 aromatic rings. The molecule has 2 heterocycles. The Morgan fingerprint density at radius 1 is 1.30 bits per heavy atom. The topological polar surface area (TPSA) is 63.9 Å². The molecule has 6 nitrogen and oxygen atoms in total. The van der Waals surface area contributed by atoms with E-state index in [1.165, 1.54) is 4.90 Å². The number of hydrogen-bond donors (Lipinski definition) is 1. The number of methoxy groups -OCH3 is 1. The third-order valence-corrected chi connectivity index (χ3v) is 4.50. The molecule has 1 aliphatic heterocycles. The lowest BCUT2D eigenvalue weighted by Gasteiger charge is -2.12. The molecule has 1 fully saturated rings. The van der Waals surface area contributed by atoms with E-state index in [0.29, 0.717) is 52.7 Å². The highest BCUT2D eigenvalue weighted by atomic mass is 35.5. The number of nitrogens with zero attached hydrogens (tertiary/aromatic N) is 1. The number of halogens is 1. The largest absolute Gasteiger partial charge is 0.484 e. The maximum absolute atomic E-state index is 12.5. The lowest BCUT2D eigenvalue weighted by molar-refractivity contribution is -0.122. The van der Waals surface area contributed by atoms with Crippen molar-refractivity contribution < 1.29 is 18.7 Å². The average molecular weight is 407 g/mol. The molecule has 1 saturated heterocycles. The second-order valence-electron chi connectivity index (χ2n) is 5.81. The van der Waals surface area contributed by atoms with Crippen molar-refractivity contribution in [3.05, 3.63) is 58.6 Å². The van der Waals surface area contributed by atoms with Gasteiger partial charge in [0.05, 0.1) is 5.02 Å². The zero-order valence-electron chi connectivity index (χ0n) is 14.7. The molecule has 0 saturated carbocycles. The van der Waals surface area contributed by atoms with Gasteiger partial charge < -0.3 is 19.2 Å². The monoisotopic (exact) mass is 406 g/mol. The fraction of sp³-hybridized carbons (Fsp3) is 0.263. The maximum atomic E-state index is 12.5. The Bertz CT molecular complexity index is 865. The van der Waals surface area contributed by atoms with Gasteiger partial charge in [-0.3, -0.25) is 9.69 Å². The van der Waals surface area contributed by atoms with Gasteiger partial charge in [0.15, 0.2) is 5.11 Å². The minimum absolute atomic E-state index is 0.179. The van der Waals surface area contributed by atoms with Crippen LogP contribution in [-0.2, 0) is 16.1 Å². The van der Waals surface area contributed by atoms with Crippen molar-refractivity contribution in [3.8, 4) is 5.75 Å². The van der Waals surface area contributed by atoms with Crippen LogP contribution < -0.4 is 10.1 Å². The number of nitrogens with one attached hydrogen (secondary N) is 1. The highest BCUT2D eigenvalue weighted by Gasteiger charge is 2.30. The van der Waals surface area contributed by atoms with Crippen LogP contribution in [0.15, 0.2) is 46.5 Å². The van der Waals surface area contributed by atoms with Crippen LogP contribution in [0.3, 0.4) is 0 Å². The zero-order valence-corrected chi connectivity index (χ0v) is 16.3. The SMILES string of the molecule is COCCCN1C(=O)/C(=C\c2ccc(COc3ccccc3Cl)o2)NC1=S. The molecule has 27 heavy (non-hydrogen) atoms. The van der Waals surface area contributed by atoms with Crippen LogP contribution in [0.5, 0.6) is 5.75 Å². The molecule has 1 aromatic carbocycles. The second kappa shape index (κ2) is 9.03. The summed E-state index contributed by atoms with van der Waals surface area (Å²) < 4.78 is 16.4. The van der Waals surface area contributed by atoms with Gasteiger partial charge in [-0.1, -0.05) is 23.7 Å². The van der Waals surface area contributed by atoms with Crippen LogP contribution >= 0.6 is 23.8 Å². The summed E-state index contributed by atoms with van der Waals surface area (Å²) in [5.74, 6) is 1.55. The first-order valence-corrected chi connectivity index (χ1v) is 9.16. The Morgan fingerprint density at radius 3 is 2.89 bits per heavy atom. The Morgan fingerprint density at radius 2 is 2.11 bits per heavy atom. The average Bonchev–Trinajstić information content (AvgIpc) is 3.21. The van der Waals surface area contributed by atoms with Gasteiger partial charge in [0, 0.05) is 26.3 Å². The van der Waals surface area contributed by atoms with Gasteiger partial charge in [-0.25, -0.2) is 0 Å². The van der Waals surface area contributed by atoms with Crippen LogP contribution in [-0.4, -0.2) is 36.2 Å². The molecule has 1 amide bonds. The molecule has 0 atom stereocenters. The molecule has 0 spiro atoms. The van der Waals surface area contributed by atoms with Gasteiger partial charge in [-0.15, -0.1) is 0 Å². The van der Waals surface area contributed by atoms with E-state index < -0.39 is 0 Å². The number of para-hydroxylation sites is 1. The normalized spacial score (nSPS) is 15.5. The summed E-state index contributed by atoms with van der Waals surface area (Å²) in [6.07, 6.45) is 2.34. The Balaban J connectivity index is 1.62. The number of benzene rings is 1. The number of furan rings is 1. The fourth-order valence-corrected chi connectivity index (χ4v) is 3.02. The summed E-state index contributed by atoms with van der Waals surface area (Å²) in [4.78, 5) is 14.0. The van der Waals surface area contributed by atoms with Crippen molar-refractivity contribution >= 4 is 40.9 Å². The van der Waals surface area contributed by atoms with E-state index in [1.54, 1.807) is 37.5 Å². The molecule has 1 aromatic heterocycles. The number of carbonyl (C=O) groups is 1. The molecule has 0 bridgehead atoms. The molecule has 0 aliphatic carbocycles. The molecule has 1 aliphatic rings. The van der Waals surface area contributed by atoms with E-state index in [-0.39, 0.29) is 12.5 Å². The molecule has 0 radical (unpaired) electrons. The third kappa shape index (κ3) is 4.88. The Kier molecular flexibility index (Phi) is 6.49. The van der Waals surface area contributed by atoms with Gasteiger partial charge in [0.1, 0.15) is 29.6 Å². The van der Waals surface area contributed by atoms with E-state index in [1.807, 2.05) is 12.1 Å². The number of rotatable bonds is 8. The molecule has 3 rings (SSSR count). The van der Waals surface area contributed by atoms with Crippen molar-refractivity contribution in [2.45, 2.75) is 13.0 Å².